The highest BCUT2D eigenvalue weighted by molar-refractivity contribution is 5.95. The molecule has 0 radical (unpaired) electrons. The van der Waals surface area contributed by atoms with E-state index in [0.717, 1.165) is 50.7 Å². The number of nitrogens with zero attached hydrogens (tertiary/aromatic N) is 1. The lowest BCUT2D eigenvalue weighted by atomic mass is 9.90. The first-order chi connectivity index (χ1) is 14.7. The van der Waals surface area contributed by atoms with E-state index in [-0.39, 0.29) is 11.8 Å². The first-order valence-corrected chi connectivity index (χ1v) is 10.9. The molecule has 2 aliphatic carbocycles. The van der Waals surface area contributed by atoms with Gasteiger partial charge in [0.25, 0.3) is 5.91 Å². The van der Waals surface area contributed by atoms with E-state index in [9.17, 15) is 26.7 Å². The van der Waals surface area contributed by atoms with Gasteiger partial charge in [-0.3, -0.25) is 9.69 Å². The second-order valence-corrected chi connectivity index (χ2v) is 9.04. The minimum absolute atomic E-state index is 0.00518. The summed E-state index contributed by atoms with van der Waals surface area (Å²) >= 11 is 0. The maximum Gasteiger partial charge on any atom is 0.401 e. The van der Waals surface area contributed by atoms with E-state index in [0.29, 0.717) is 37.5 Å². The molecule has 0 bridgehead atoms. The lowest BCUT2D eigenvalue weighted by molar-refractivity contribution is -0.148. The monoisotopic (exact) mass is 446 g/mol. The number of halogens is 5. The van der Waals surface area contributed by atoms with E-state index in [1.54, 1.807) is 0 Å². The van der Waals surface area contributed by atoms with Crippen LogP contribution >= 0.6 is 0 Å². The largest absolute Gasteiger partial charge is 0.493 e. The first kappa shape index (κ1) is 22.3. The average Bonchev–Trinajstić information content (AvgIpc) is 3.57. The Balaban J connectivity index is 1.19. The number of rotatable bonds is 8. The number of hydrogen-bond donors (Lipinski definition) is 1. The number of ether oxygens (including phenoxy) is 1. The van der Waals surface area contributed by atoms with E-state index < -0.39 is 35.8 Å². The van der Waals surface area contributed by atoms with Gasteiger partial charge in [-0.25, -0.2) is 8.78 Å². The fraction of sp³-hybridized carbons (Fsp3) is 0.682. The predicted molar refractivity (Wildman–Crippen MR) is 104 cm³/mol. The van der Waals surface area contributed by atoms with Crippen molar-refractivity contribution in [3.05, 3.63) is 29.3 Å². The summed E-state index contributed by atoms with van der Waals surface area (Å²) in [4.78, 5) is 13.4. The highest BCUT2D eigenvalue weighted by Gasteiger charge is 2.44. The molecule has 4 rings (SSSR count). The molecule has 9 heteroatoms. The normalized spacial score (nSPS) is 24.8. The molecular weight excluding hydrogens is 419 g/mol. The molecule has 1 saturated heterocycles. The molecule has 1 N–H and O–H groups in total. The number of likely N-dealkylation sites (tertiary alicyclic amines) is 1. The standard InChI is InChI=1S/C22H27F5N2O2/c23-18-10-16(11-19(24)20(18)21(30)28-15-1-2-15)31-8-5-14-9-17(14)13-3-6-29(7-4-13)12-22(25,26)27/h10-11,13-15,17H,1-9,12H2,(H,28,30). The number of carbonyl (C=O) groups is 1. The first-order valence-electron chi connectivity index (χ1n) is 10.9. The molecule has 172 valence electrons. The van der Waals surface area contributed by atoms with Crippen LogP contribution in [0.3, 0.4) is 0 Å². The number of amides is 1. The molecule has 1 aliphatic heterocycles. The van der Waals surface area contributed by atoms with Crippen LogP contribution in [0.2, 0.25) is 0 Å². The van der Waals surface area contributed by atoms with E-state index in [1.165, 1.54) is 4.90 Å². The third-order valence-electron chi connectivity index (χ3n) is 6.53. The van der Waals surface area contributed by atoms with Crippen LogP contribution in [-0.4, -0.2) is 49.3 Å². The van der Waals surface area contributed by atoms with E-state index in [2.05, 4.69) is 5.32 Å². The molecular formula is C22H27F5N2O2. The van der Waals surface area contributed by atoms with Crippen LogP contribution in [0.5, 0.6) is 5.75 Å². The maximum absolute atomic E-state index is 14.2. The van der Waals surface area contributed by atoms with E-state index in [4.69, 9.17) is 4.74 Å². The number of carbonyl (C=O) groups excluding carboxylic acids is 1. The smallest absolute Gasteiger partial charge is 0.401 e. The maximum atomic E-state index is 14.2. The van der Waals surface area contributed by atoms with Gasteiger partial charge in [0.1, 0.15) is 22.9 Å². The molecule has 1 aromatic rings. The zero-order chi connectivity index (χ0) is 22.2. The van der Waals surface area contributed by atoms with Crippen LogP contribution in [0.15, 0.2) is 12.1 Å². The van der Waals surface area contributed by atoms with Crippen molar-refractivity contribution in [2.45, 2.75) is 50.7 Å². The molecule has 0 spiro atoms. The summed E-state index contributed by atoms with van der Waals surface area (Å²) in [6.07, 6.45) is 0.815. The van der Waals surface area contributed by atoms with Crippen molar-refractivity contribution in [1.82, 2.24) is 10.2 Å². The summed E-state index contributed by atoms with van der Waals surface area (Å²) in [5.74, 6) is -1.20. The SMILES string of the molecule is O=C(NC1CC1)c1c(F)cc(OCCC2CC2C2CCN(CC(F)(F)F)CC2)cc1F. The van der Waals surface area contributed by atoms with Crippen molar-refractivity contribution in [2.24, 2.45) is 17.8 Å². The summed E-state index contributed by atoms with van der Waals surface area (Å²) < 4.78 is 71.4. The Bertz CT molecular complexity index is 781. The van der Waals surface area contributed by atoms with Crippen LogP contribution in [0.4, 0.5) is 22.0 Å². The predicted octanol–water partition coefficient (Wildman–Crippen LogP) is 4.54. The number of hydrogen-bond acceptors (Lipinski definition) is 3. The minimum Gasteiger partial charge on any atom is -0.493 e. The van der Waals surface area contributed by atoms with Crippen molar-refractivity contribution in [3.63, 3.8) is 0 Å². The van der Waals surface area contributed by atoms with Crippen molar-refractivity contribution in [2.75, 3.05) is 26.2 Å². The van der Waals surface area contributed by atoms with Gasteiger partial charge in [-0.2, -0.15) is 13.2 Å². The van der Waals surface area contributed by atoms with E-state index >= 15 is 0 Å². The molecule has 4 nitrogen and oxygen atoms in total. The summed E-state index contributed by atoms with van der Waals surface area (Å²) in [5, 5.41) is 2.57. The summed E-state index contributed by atoms with van der Waals surface area (Å²) in [6.45, 7) is 0.419. The summed E-state index contributed by atoms with van der Waals surface area (Å²) in [5.41, 5.74) is -0.585. The third kappa shape index (κ3) is 6.08. The van der Waals surface area contributed by atoms with Crippen molar-refractivity contribution < 1.29 is 31.5 Å². The Morgan fingerprint density at radius 3 is 2.32 bits per heavy atom. The Morgan fingerprint density at radius 1 is 1.10 bits per heavy atom. The lowest BCUT2D eigenvalue weighted by Gasteiger charge is -2.32. The average molecular weight is 446 g/mol. The highest BCUT2D eigenvalue weighted by Crippen LogP contribution is 2.49. The Labute approximate surface area is 178 Å². The second-order valence-electron chi connectivity index (χ2n) is 9.04. The van der Waals surface area contributed by atoms with Crippen LogP contribution in [0.25, 0.3) is 0 Å². The van der Waals surface area contributed by atoms with Gasteiger partial charge in [0.2, 0.25) is 0 Å². The molecule has 2 unspecified atom stereocenters. The Morgan fingerprint density at radius 2 is 1.74 bits per heavy atom. The number of alkyl halides is 3. The van der Waals surface area contributed by atoms with Gasteiger partial charge in [-0.1, -0.05) is 0 Å². The molecule has 2 saturated carbocycles. The van der Waals surface area contributed by atoms with Crippen molar-refractivity contribution in [1.29, 1.82) is 0 Å². The zero-order valence-corrected chi connectivity index (χ0v) is 17.2. The van der Waals surface area contributed by atoms with Gasteiger partial charge < -0.3 is 10.1 Å². The second kappa shape index (κ2) is 8.92. The number of piperidine rings is 1. The number of benzene rings is 1. The summed E-state index contributed by atoms with van der Waals surface area (Å²) in [7, 11) is 0. The highest BCUT2D eigenvalue weighted by atomic mass is 19.4. The molecule has 1 heterocycles. The topological polar surface area (TPSA) is 41.6 Å². The zero-order valence-electron chi connectivity index (χ0n) is 17.2. The van der Waals surface area contributed by atoms with Gasteiger partial charge in [0, 0.05) is 18.2 Å². The van der Waals surface area contributed by atoms with Gasteiger partial charge >= 0.3 is 6.18 Å². The lowest BCUT2D eigenvalue weighted by Crippen LogP contribution is -2.40. The van der Waals surface area contributed by atoms with Crippen LogP contribution < -0.4 is 10.1 Å². The third-order valence-corrected chi connectivity index (χ3v) is 6.53. The van der Waals surface area contributed by atoms with Gasteiger partial charge in [-0.05, 0) is 69.4 Å². The molecule has 2 atom stereocenters. The van der Waals surface area contributed by atoms with Gasteiger partial charge in [0.15, 0.2) is 0 Å². The molecule has 3 aliphatic rings. The van der Waals surface area contributed by atoms with Crippen molar-refractivity contribution in [3.8, 4) is 5.75 Å². The van der Waals surface area contributed by atoms with Gasteiger partial charge in [0.05, 0.1) is 13.2 Å². The molecule has 1 amide bonds. The van der Waals surface area contributed by atoms with Gasteiger partial charge in [-0.15, -0.1) is 0 Å². The Hall–Kier alpha value is -1.90. The van der Waals surface area contributed by atoms with Crippen LogP contribution in [-0.2, 0) is 0 Å². The Kier molecular flexibility index (Phi) is 6.42. The number of nitrogens with one attached hydrogen (secondary N) is 1. The molecule has 1 aromatic carbocycles. The fourth-order valence-electron chi connectivity index (χ4n) is 4.64. The van der Waals surface area contributed by atoms with Crippen LogP contribution in [0.1, 0.15) is 48.9 Å². The van der Waals surface area contributed by atoms with E-state index in [1.807, 2.05) is 0 Å². The summed E-state index contributed by atoms with van der Waals surface area (Å²) in [6, 6.07) is 2.07. The van der Waals surface area contributed by atoms with Crippen molar-refractivity contribution >= 4 is 5.91 Å². The molecule has 0 aromatic heterocycles. The van der Waals surface area contributed by atoms with Crippen LogP contribution in [0, 0.1) is 29.4 Å². The fourth-order valence-corrected chi connectivity index (χ4v) is 4.64. The molecule has 31 heavy (non-hydrogen) atoms. The molecule has 3 fully saturated rings. The quantitative estimate of drug-likeness (QED) is 0.597. The minimum atomic E-state index is -4.15.